The van der Waals surface area contributed by atoms with Gasteiger partial charge in [0.1, 0.15) is 18.1 Å². The summed E-state index contributed by atoms with van der Waals surface area (Å²) >= 11 is 0. The van der Waals surface area contributed by atoms with Crippen LogP contribution in [0.25, 0.3) is 0 Å². The number of nitrogens with zero attached hydrogens (tertiary/aromatic N) is 2. The van der Waals surface area contributed by atoms with Crippen molar-refractivity contribution >= 4 is 5.69 Å². The molecule has 1 aliphatic heterocycles. The highest BCUT2D eigenvalue weighted by atomic mass is 16.4. The Hall–Kier alpha value is -1.78. The van der Waals surface area contributed by atoms with Crippen LogP contribution in [0.4, 0.5) is 5.69 Å². The number of anilines is 1. The Bertz CT molecular complexity index is 623. The average molecular weight is 300 g/mol. The number of para-hydroxylation sites is 1. The minimum Gasteiger partial charge on any atom is -0.462 e. The van der Waals surface area contributed by atoms with Gasteiger partial charge in [0.25, 0.3) is 0 Å². The normalized spacial score (nSPS) is 19.6. The number of rotatable bonds is 4. The van der Waals surface area contributed by atoms with E-state index >= 15 is 0 Å². The summed E-state index contributed by atoms with van der Waals surface area (Å²) in [6.07, 6.45) is 0. The highest BCUT2D eigenvalue weighted by molar-refractivity contribution is 5.53. The lowest BCUT2D eigenvalue weighted by Gasteiger charge is -2.41. The van der Waals surface area contributed by atoms with Gasteiger partial charge in [0, 0.05) is 31.4 Å². The van der Waals surface area contributed by atoms with Crippen molar-refractivity contribution in [2.24, 2.45) is 0 Å². The fourth-order valence-corrected chi connectivity index (χ4v) is 3.16. The lowest BCUT2D eigenvalue weighted by Crippen LogP contribution is -2.51. The lowest BCUT2D eigenvalue weighted by atomic mass is 10.1. The molecule has 0 saturated carbocycles. The molecule has 4 heteroatoms. The maximum absolute atomic E-state index is 9.08. The van der Waals surface area contributed by atoms with Crippen LogP contribution in [0.5, 0.6) is 0 Å². The van der Waals surface area contributed by atoms with Gasteiger partial charge in [-0.15, -0.1) is 0 Å². The Morgan fingerprint density at radius 2 is 1.91 bits per heavy atom. The van der Waals surface area contributed by atoms with E-state index in [1.54, 1.807) is 0 Å². The van der Waals surface area contributed by atoms with Crippen molar-refractivity contribution in [2.75, 3.05) is 24.5 Å². The number of furan rings is 1. The standard InChI is InChI=1S/C18H24N2O2/c1-14-5-3-4-6-18(14)20-10-9-19(15(2)11-20)12-16-7-8-17(13-21)22-16/h3-8,15,21H,9-13H2,1-2H3/t15-/m0/s1. The first kappa shape index (κ1) is 15.1. The second kappa shape index (κ2) is 6.55. The first-order valence-electron chi connectivity index (χ1n) is 7.90. The molecular formula is C18H24N2O2. The lowest BCUT2D eigenvalue weighted by molar-refractivity contribution is 0.163. The van der Waals surface area contributed by atoms with E-state index in [-0.39, 0.29) is 6.61 Å². The molecule has 1 atom stereocenters. The molecule has 1 fully saturated rings. The van der Waals surface area contributed by atoms with Gasteiger partial charge in [-0.05, 0) is 37.6 Å². The predicted molar refractivity (Wildman–Crippen MR) is 87.9 cm³/mol. The molecule has 0 amide bonds. The van der Waals surface area contributed by atoms with E-state index in [1.807, 2.05) is 12.1 Å². The molecule has 0 spiro atoms. The third-order valence-electron chi connectivity index (χ3n) is 4.45. The summed E-state index contributed by atoms with van der Waals surface area (Å²) in [6, 6.07) is 12.9. The van der Waals surface area contributed by atoms with Gasteiger partial charge in [0.15, 0.2) is 0 Å². The SMILES string of the molecule is Cc1ccccc1N1CCN(Cc2ccc(CO)o2)[C@@H](C)C1. The van der Waals surface area contributed by atoms with Crippen molar-refractivity contribution in [3.8, 4) is 0 Å². The van der Waals surface area contributed by atoms with Crippen molar-refractivity contribution in [1.82, 2.24) is 4.90 Å². The van der Waals surface area contributed by atoms with Gasteiger partial charge in [0.2, 0.25) is 0 Å². The highest BCUT2D eigenvalue weighted by Gasteiger charge is 2.25. The molecular weight excluding hydrogens is 276 g/mol. The molecule has 4 nitrogen and oxygen atoms in total. The maximum Gasteiger partial charge on any atom is 0.129 e. The maximum atomic E-state index is 9.08. The summed E-state index contributed by atoms with van der Waals surface area (Å²) in [7, 11) is 0. The topological polar surface area (TPSA) is 39.9 Å². The van der Waals surface area contributed by atoms with Crippen LogP contribution in [-0.2, 0) is 13.2 Å². The Labute approximate surface area is 132 Å². The second-order valence-corrected chi connectivity index (χ2v) is 6.08. The van der Waals surface area contributed by atoms with Crippen molar-refractivity contribution in [2.45, 2.75) is 33.0 Å². The molecule has 0 radical (unpaired) electrons. The average Bonchev–Trinajstić information content (AvgIpc) is 2.98. The van der Waals surface area contributed by atoms with Crippen LogP contribution in [0, 0.1) is 6.92 Å². The molecule has 1 aliphatic rings. The van der Waals surface area contributed by atoms with E-state index in [4.69, 9.17) is 9.52 Å². The highest BCUT2D eigenvalue weighted by Crippen LogP contribution is 2.24. The van der Waals surface area contributed by atoms with E-state index in [0.717, 1.165) is 31.9 Å². The summed E-state index contributed by atoms with van der Waals surface area (Å²) in [5.74, 6) is 1.57. The quantitative estimate of drug-likeness (QED) is 0.942. The third kappa shape index (κ3) is 3.18. The summed E-state index contributed by atoms with van der Waals surface area (Å²) in [5, 5.41) is 9.08. The van der Waals surface area contributed by atoms with Gasteiger partial charge in [-0.25, -0.2) is 0 Å². The van der Waals surface area contributed by atoms with Crippen LogP contribution >= 0.6 is 0 Å². The number of hydrogen-bond donors (Lipinski definition) is 1. The van der Waals surface area contributed by atoms with Gasteiger partial charge in [-0.1, -0.05) is 18.2 Å². The summed E-state index contributed by atoms with van der Waals surface area (Å²) in [6.45, 7) is 8.29. The Balaban J connectivity index is 1.64. The number of aliphatic hydroxyl groups is 1. The predicted octanol–water partition coefficient (Wildman–Crippen LogP) is 2.79. The number of hydrogen-bond acceptors (Lipinski definition) is 4. The Morgan fingerprint density at radius 1 is 1.14 bits per heavy atom. The van der Waals surface area contributed by atoms with Crippen LogP contribution < -0.4 is 4.90 Å². The van der Waals surface area contributed by atoms with Crippen LogP contribution in [-0.4, -0.2) is 35.7 Å². The number of aryl methyl sites for hydroxylation is 1. The molecule has 22 heavy (non-hydrogen) atoms. The molecule has 3 rings (SSSR count). The van der Waals surface area contributed by atoms with Crippen LogP contribution in [0.3, 0.4) is 0 Å². The molecule has 0 unspecified atom stereocenters. The Morgan fingerprint density at radius 3 is 2.59 bits per heavy atom. The van der Waals surface area contributed by atoms with Crippen molar-refractivity contribution in [3.63, 3.8) is 0 Å². The van der Waals surface area contributed by atoms with Crippen LogP contribution in [0.2, 0.25) is 0 Å². The molecule has 2 aromatic rings. The van der Waals surface area contributed by atoms with E-state index in [2.05, 4.69) is 47.9 Å². The van der Waals surface area contributed by atoms with Gasteiger partial charge in [-0.3, -0.25) is 4.90 Å². The molecule has 1 aromatic carbocycles. The number of benzene rings is 1. The zero-order chi connectivity index (χ0) is 15.5. The van der Waals surface area contributed by atoms with E-state index in [9.17, 15) is 0 Å². The van der Waals surface area contributed by atoms with Gasteiger partial charge < -0.3 is 14.4 Å². The van der Waals surface area contributed by atoms with Crippen molar-refractivity contribution in [1.29, 1.82) is 0 Å². The van der Waals surface area contributed by atoms with Gasteiger partial charge >= 0.3 is 0 Å². The third-order valence-corrected chi connectivity index (χ3v) is 4.45. The van der Waals surface area contributed by atoms with Crippen LogP contribution in [0.15, 0.2) is 40.8 Å². The van der Waals surface area contributed by atoms with Crippen LogP contribution in [0.1, 0.15) is 24.0 Å². The van der Waals surface area contributed by atoms with E-state index < -0.39 is 0 Å². The minimum absolute atomic E-state index is 0.0311. The summed E-state index contributed by atoms with van der Waals surface area (Å²) < 4.78 is 5.61. The summed E-state index contributed by atoms with van der Waals surface area (Å²) in [4.78, 5) is 4.91. The largest absolute Gasteiger partial charge is 0.462 e. The van der Waals surface area contributed by atoms with Gasteiger partial charge in [-0.2, -0.15) is 0 Å². The fourth-order valence-electron chi connectivity index (χ4n) is 3.16. The summed E-state index contributed by atoms with van der Waals surface area (Å²) in [5.41, 5.74) is 2.68. The fraction of sp³-hybridized carbons (Fsp3) is 0.444. The molecule has 0 aliphatic carbocycles. The molecule has 2 heterocycles. The molecule has 118 valence electrons. The van der Waals surface area contributed by atoms with Gasteiger partial charge in [0.05, 0.1) is 6.54 Å². The van der Waals surface area contributed by atoms with Crippen molar-refractivity contribution in [3.05, 3.63) is 53.5 Å². The number of piperazine rings is 1. The number of aliphatic hydroxyl groups excluding tert-OH is 1. The Kier molecular flexibility index (Phi) is 4.50. The first-order chi connectivity index (χ1) is 10.7. The monoisotopic (exact) mass is 300 g/mol. The molecule has 0 bridgehead atoms. The minimum atomic E-state index is -0.0311. The van der Waals surface area contributed by atoms with Crippen molar-refractivity contribution < 1.29 is 9.52 Å². The smallest absolute Gasteiger partial charge is 0.129 e. The first-order valence-corrected chi connectivity index (χ1v) is 7.90. The zero-order valence-corrected chi connectivity index (χ0v) is 13.3. The van der Waals surface area contributed by atoms with E-state index in [0.29, 0.717) is 11.8 Å². The zero-order valence-electron chi connectivity index (χ0n) is 13.3. The second-order valence-electron chi connectivity index (χ2n) is 6.08. The van der Waals surface area contributed by atoms with E-state index in [1.165, 1.54) is 11.3 Å². The molecule has 1 aromatic heterocycles. The molecule has 1 saturated heterocycles. The molecule has 1 N–H and O–H groups in total.